The zero-order valence-corrected chi connectivity index (χ0v) is 31.8. The third-order valence-corrected chi connectivity index (χ3v) is 10.1. The summed E-state index contributed by atoms with van der Waals surface area (Å²) >= 11 is 0. The Morgan fingerprint density at radius 3 is 2.41 bits per heavy atom. The highest BCUT2D eigenvalue weighted by atomic mass is 16.6. The summed E-state index contributed by atoms with van der Waals surface area (Å²) in [5, 5.41) is 20.2. The van der Waals surface area contributed by atoms with Gasteiger partial charge >= 0.3 is 6.09 Å². The zero-order valence-electron chi connectivity index (χ0n) is 31.8. The SMILES string of the molecule is CN(CCCC(=O)Nc1ccc(CNCCc2ccc(O)c3[nH]c(=O)ccc23)cc1)C(=O)CCN1CCC(OC(=O)Nc2ccccc2-c2ccccc2)CC1. The Morgan fingerprint density at radius 2 is 1.62 bits per heavy atom. The number of pyridine rings is 1. The molecule has 1 fully saturated rings. The lowest BCUT2D eigenvalue weighted by Gasteiger charge is -2.31. The topological polar surface area (TPSA) is 156 Å². The second-order valence-electron chi connectivity index (χ2n) is 14.2. The first kappa shape index (κ1) is 39.7. The summed E-state index contributed by atoms with van der Waals surface area (Å²) < 4.78 is 5.75. The number of carbonyl (C=O) groups excluding carboxylic acids is 3. The summed E-state index contributed by atoms with van der Waals surface area (Å²) in [4.78, 5) is 56.5. The second-order valence-corrected chi connectivity index (χ2v) is 14.2. The van der Waals surface area contributed by atoms with Crippen molar-refractivity contribution in [2.24, 2.45) is 0 Å². The smallest absolute Gasteiger partial charge is 0.411 e. The number of carbonyl (C=O) groups is 3. The summed E-state index contributed by atoms with van der Waals surface area (Å²) in [6.07, 6.45) is 2.75. The van der Waals surface area contributed by atoms with Gasteiger partial charge in [-0.25, -0.2) is 4.79 Å². The number of rotatable bonds is 16. The maximum absolute atomic E-state index is 12.8. The van der Waals surface area contributed by atoms with Crippen LogP contribution in [0.1, 0.15) is 43.2 Å². The maximum Gasteiger partial charge on any atom is 0.411 e. The number of phenols is 1. The van der Waals surface area contributed by atoms with E-state index < -0.39 is 6.09 Å². The quantitative estimate of drug-likeness (QED) is 0.0714. The van der Waals surface area contributed by atoms with Crippen LogP contribution in [0.25, 0.3) is 22.0 Å². The number of nitrogens with one attached hydrogen (secondary N) is 4. The second kappa shape index (κ2) is 19.6. The number of ether oxygens (including phenoxy) is 1. The van der Waals surface area contributed by atoms with Crippen molar-refractivity contribution in [3.8, 4) is 16.9 Å². The Kier molecular flexibility index (Phi) is 13.9. The number of benzene rings is 4. The van der Waals surface area contributed by atoms with Crippen LogP contribution >= 0.6 is 0 Å². The van der Waals surface area contributed by atoms with Crippen LogP contribution < -0.4 is 21.5 Å². The number of piperidine rings is 1. The fourth-order valence-corrected chi connectivity index (χ4v) is 6.95. The molecule has 292 valence electrons. The van der Waals surface area contributed by atoms with Gasteiger partial charge in [-0.05, 0) is 79.3 Å². The molecule has 6 rings (SSSR count). The molecule has 5 aromatic rings. The molecule has 0 aliphatic carbocycles. The molecule has 56 heavy (non-hydrogen) atoms. The molecule has 0 atom stereocenters. The van der Waals surface area contributed by atoms with Crippen LogP contribution in [0.2, 0.25) is 0 Å². The van der Waals surface area contributed by atoms with E-state index in [1.807, 2.05) is 84.9 Å². The van der Waals surface area contributed by atoms with E-state index in [9.17, 15) is 24.3 Å². The van der Waals surface area contributed by atoms with Crippen LogP contribution in [-0.4, -0.2) is 83.7 Å². The number of amides is 3. The van der Waals surface area contributed by atoms with Crippen molar-refractivity contribution in [2.45, 2.75) is 51.2 Å². The molecule has 3 amide bonds. The largest absolute Gasteiger partial charge is 0.506 e. The molecule has 2 heterocycles. The molecule has 1 saturated heterocycles. The van der Waals surface area contributed by atoms with Gasteiger partial charge in [0.25, 0.3) is 0 Å². The Bertz CT molecular complexity index is 2150. The molecule has 0 bridgehead atoms. The average Bonchev–Trinajstić information content (AvgIpc) is 3.21. The van der Waals surface area contributed by atoms with Gasteiger partial charge in [0, 0.05) is 75.3 Å². The van der Waals surface area contributed by atoms with Gasteiger partial charge in [-0.1, -0.05) is 66.7 Å². The van der Waals surface area contributed by atoms with Gasteiger partial charge in [-0.2, -0.15) is 0 Å². The zero-order chi connectivity index (χ0) is 39.3. The number of hydrogen-bond donors (Lipinski definition) is 5. The molecule has 1 aliphatic heterocycles. The molecule has 12 nitrogen and oxygen atoms in total. The maximum atomic E-state index is 12.8. The molecular formula is C44H50N6O6. The third kappa shape index (κ3) is 11.3. The Hall–Kier alpha value is -5.98. The number of H-pyrrole nitrogens is 1. The summed E-state index contributed by atoms with van der Waals surface area (Å²) in [5.41, 5.74) is 5.67. The lowest BCUT2D eigenvalue weighted by Crippen LogP contribution is -2.40. The van der Waals surface area contributed by atoms with Gasteiger partial charge < -0.3 is 35.3 Å². The van der Waals surface area contributed by atoms with Crippen LogP contribution in [0.15, 0.2) is 108 Å². The number of aromatic amines is 1. The molecule has 1 aliphatic rings. The normalized spacial score (nSPS) is 13.3. The van der Waals surface area contributed by atoms with Crippen molar-refractivity contribution in [2.75, 3.05) is 50.4 Å². The summed E-state index contributed by atoms with van der Waals surface area (Å²) in [6, 6.07) is 31.9. The fourth-order valence-electron chi connectivity index (χ4n) is 6.95. The standard InChI is InChI=1S/C44H50N6O6/c1-49(42(54)24-29-50-27-22-35(23-28-50)56-44(55)47-38-11-6-5-10-36(38)32-8-3-2-4-9-32)26-7-12-40(52)46-34-16-13-31(14-17-34)30-45-25-21-33-15-19-39(51)43-37(33)18-20-41(53)48-43/h2-6,8-11,13-20,35,45,51H,7,12,21-30H2,1H3,(H,46,52)(H,47,55)(H,48,53). The highest BCUT2D eigenvalue weighted by Crippen LogP contribution is 2.28. The number of fused-ring (bicyclic) bond motifs is 1. The van der Waals surface area contributed by atoms with Crippen molar-refractivity contribution < 1.29 is 24.2 Å². The predicted molar refractivity (Wildman–Crippen MR) is 220 cm³/mol. The van der Waals surface area contributed by atoms with Gasteiger partial charge in [0.2, 0.25) is 17.4 Å². The lowest BCUT2D eigenvalue weighted by molar-refractivity contribution is -0.130. The minimum absolute atomic E-state index is 0.0391. The molecular weight excluding hydrogens is 709 g/mol. The van der Waals surface area contributed by atoms with Gasteiger partial charge in [0.15, 0.2) is 0 Å². The van der Waals surface area contributed by atoms with Crippen LogP contribution in [0.4, 0.5) is 16.2 Å². The molecule has 0 radical (unpaired) electrons. The van der Waals surface area contributed by atoms with Crippen molar-refractivity contribution >= 4 is 40.2 Å². The number of likely N-dealkylation sites (tertiary alicyclic amines) is 1. The van der Waals surface area contributed by atoms with Crippen molar-refractivity contribution in [3.05, 3.63) is 125 Å². The molecule has 1 aromatic heterocycles. The molecule has 5 N–H and O–H groups in total. The highest BCUT2D eigenvalue weighted by molar-refractivity contribution is 5.92. The van der Waals surface area contributed by atoms with Crippen LogP contribution in [0.5, 0.6) is 5.75 Å². The molecule has 0 unspecified atom stereocenters. The van der Waals surface area contributed by atoms with Crippen LogP contribution in [0.3, 0.4) is 0 Å². The van der Waals surface area contributed by atoms with Crippen molar-refractivity contribution in [1.82, 2.24) is 20.1 Å². The minimum Gasteiger partial charge on any atom is -0.506 e. The fraction of sp³-hybridized carbons (Fsp3) is 0.318. The minimum atomic E-state index is -0.463. The predicted octanol–water partition coefficient (Wildman–Crippen LogP) is 6.51. The average molecular weight is 759 g/mol. The molecule has 0 spiro atoms. The van der Waals surface area contributed by atoms with E-state index >= 15 is 0 Å². The van der Waals surface area contributed by atoms with Crippen molar-refractivity contribution in [1.29, 1.82) is 0 Å². The number of phenolic OH excluding ortho intramolecular Hbond substituents is 1. The van der Waals surface area contributed by atoms with E-state index in [-0.39, 0.29) is 29.2 Å². The number of aromatic hydroxyl groups is 1. The third-order valence-electron chi connectivity index (χ3n) is 10.1. The Balaban J connectivity index is 0.821. The number of nitrogens with zero attached hydrogens (tertiary/aromatic N) is 2. The number of hydrogen-bond acceptors (Lipinski definition) is 8. The van der Waals surface area contributed by atoms with E-state index in [0.29, 0.717) is 69.5 Å². The molecule has 12 heteroatoms. The van der Waals surface area contributed by atoms with Crippen LogP contribution in [-0.2, 0) is 27.3 Å². The Labute approximate surface area is 326 Å². The van der Waals surface area contributed by atoms with Crippen molar-refractivity contribution in [3.63, 3.8) is 0 Å². The van der Waals surface area contributed by atoms with E-state index in [1.54, 1.807) is 24.1 Å². The monoisotopic (exact) mass is 758 g/mol. The number of para-hydroxylation sites is 1. The van der Waals surface area contributed by atoms with Gasteiger partial charge in [-0.15, -0.1) is 0 Å². The molecule has 4 aromatic carbocycles. The van der Waals surface area contributed by atoms with Gasteiger partial charge in [0.05, 0.1) is 11.2 Å². The lowest BCUT2D eigenvalue weighted by atomic mass is 10.0. The van der Waals surface area contributed by atoms with Gasteiger partial charge in [-0.3, -0.25) is 19.7 Å². The Morgan fingerprint density at radius 1 is 0.875 bits per heavy atom. The highest BCUT2D eigenvalue weighted by Gasteiger charge is 2.23. The summed E-state index contributed by atoms with van der Waals surface area (Å²) in [6.45, 7) is 3.98. The molecule has 0 saturated carbocycles. The summed E-state index contributed by atoms with van der Waals surface area (Å²) in [7, 11) is 1.77. The first-order chi connectivity index (χ1) is 27.2. The summed E-state index contributed by atoms with van der Waals surface area (Å²) in [5.74, 6) is -0.00570. The van der Waals surface area contributed by atoms with E-state index in [0.717, 1.165) is 52.8 Å². The first-order valence-corrected chi connectivity index (χ1v) is 19.2. The van der Waals surface area contributed by atoms with E-state index in [2.05, 4.69) is 25.8 Å². The number of anilines is 2. The number of aromatic nitrogens is 1. The van der Waals surface area contributed by atoms with Gasteiger partial charge in [0.1, 0.15) is 11.9 Å². The van der Waals surface area contributed by atoms with Crippen LogP contribution in [0, 0.1) is 0 Å². The van der Waals surface area contributed by atoms with E-state index in [1.165, 1.54) is 6.07 Å². The van der Waals surface area contributed by atoms with E-state index in [4.69, 9.17) is 4.74 Å². The first-order valence-electron chi connectivity index (χ1n) is 19.2.